The van der Waals surface area contributed by atoms with Crippen LogP contribution in [0.2, 0.25) is 0 Å². The van der Waals surface area contributed by atoms with E-state index in [0.717, 1.165) is 35.2 Å². The van der Waals surface area contributed by atoms with Gasteiger partial charge >= 0.3 is 6.18 Å². The Hall–Kier alpha value is -2.90. The van der Waals surface area contributed by atoms with Crippen LogP contribution >= 0.6 is 0 Å². The minimum absolute atomic E-state index is 0.0765. The highest BCUT2D eigenvalue weighted by atomic mass is 19.4. The van der Waals surface area contributed by atoms with Crippen molar-refractivity contribution >= 4 is 16.9 Å². The van der Waals surface area contributed by atoms with Crippen molar-refractivity contribution in [2.24, 2.45) is 0 Å². The fraction of sp³-hybridized carbons (Fsp3) is 0.188. The zero-order chi connectivity index (χ0) is 17.2. The van der Waals surface area contributed by atoms with Gasteiger partial charge in [-0.25, -0.2) is 4.98 Å². The standard InChI is InChI=1S/C16H13F3N4O/c17-16(18,19)13-6-5-10(9-21-13)15(24)20-8-7-14-22-11-3-1-2-4-12(11)23-14/h1-6,9H,7-8H2,(H,20,24)(H,22,23). The first-order valence-corrected chi connectivity index (χ1v) is 7.18. The number of imidazole rings is 1. The second-order valence-electron chi connectivity index (χ2n) is 5.14. The predicted octanol–water partition coefficient (Wildman–Crippen LogP) is 2.95. The van der Waals surface area contributed by atoms with Crippen molar-refractivity contribution in [2.75, 3.05) is 6.54 Å². The number of para-hydroxylation sites is 2. The van der Waals surface area contributed by atoms with E-state index in [9.17, 15) is 18.0 Å². The molecule has 0 unspecified atom stereocenters. The molecular formula is C16H13F3N4O. The zero-order valence-corrected chi connectivity index (χ0v) is 12.4. The summed E-state index contributed by atoms with van der Waals surface area (Å²) in [5.41, 5.74) is 0.797. The van der Waals surface area contributed by atoms with Gasteiger partial charge in [0.1, 0.15) is 11.5 Å². The number of aromatic amines is 1. The minimum Gasteiger partial charge on any atom is -0.352 e. The van der Waals surface area contributed by atoms with Crippen LogP contribution in [0.25, 0.3) is 11.0 Å². The highest BCUT2D eigenvalue weighted by molar-refractivity contribution is 5.93. The third-order valence-corrected chi connectivity index (χ3v) is 3.40. The maximum Gasteiger partial charge on any atom is 0.433 e. The number of pyridine rings is 1. The minimum atomic E-state index is -4.52. The van der Waals surface area contributed by atoms with E-state index in [1.54, 1.807) is 0 Å². The van der Waals surface area contributed by atoms with Crippen LogP contribution in [-0.4, -0.2) is 27.4 Å². The summed E-state index contributed by atoms with van der Waals surface area (Å²) in [4.78, 5) is 22.7. The van der Waals surface area contributed by atoms with E-state index in [4.69, 9.17) is 0 Å². The quantitative estimate of drug-likeness (QED) is 0.771. The monoisotopic (exact) mass is 334 g/mol. The topological polar surface area (TPSA) is 70.7 Å². The highest BCUT2D eigenvalue weighted by Gasteiger charge is 2.32. The molecule has 0 aliphatic carbocycles. The van der Waals surface area contributed by atoms with Gasteiger partial charge in [0.15, 0.2) is 0 Å². The number of rotatable bonds is 4. The van der Waals surface area contributed by atoms with Crippen LogP contribution in [0, 0.1) is 0 Å². The number of benzene rings is 1. The number of fused-ring (bicyclic) bond motifs is 1. The molecule has 0 fully saturated rings. The number of nitrogens with one attached hydrogen (secondary N) is 2. The van der Waals surface area contributed by atoms with Gasteiger partial charge < -0.3 is 10.3 Å². The fourth-order valence-corrected chi connectivity index (χ4v) is 2.22. The van der Waals surface area contributed by atoms with Gasteiger partial charge in [-0.2, -0.15) is 13.2 Å². The second-order valence-corrected chi connectivity index (χ2v) is 5.14. The number of alkyl halides is 3. The molecule has 2 heterocycles. The molecule has 3 aromatic rings. The predicted molar refractivity (Wildman–Crippen MR) is 81.4 cm³/mol. The van der Waals surface area contributed by atoms with Crippen molar-refractivity contribution in [3.8, 4) is 0 Å². The molecule has 2 N–H and O–H groups in total. The first-order chi connectivity index (χ1) is 11.4. The summed E-state index contributed by atoms with van der Waals surface area (Å²) in [7, 11) is 0. The molecule has 0 saturated heterocycles. The van der Waals surface area contributed by atoms with Gasteiger partial charge in [0.2, 0.25) is 0 Å². The molecule has 2 aromatic heterocycles. The smallest absolute Gasteiger partial charge is 0.352 e. The van der Waals surface area contributed by atoms with Crippen molar-refractivity contribution in [1.29, 1.82) is 0 Å². The Morgan fingerprint density at radius 3 is 2.62 bits per heavy atom. The van der Waals surface area contributed by atoms with Crippen molar-refractivity contribution in [2.45, 2.75) is 12.6 Å². The Morgan fingerprint density at radius 1 is 1.17 bits per heavy atom. The summed E-state index contributed by atoms with van der Waals surface area (Å²) in [5, 5.41) is 2.63. The summed E-state index contributed by atoms with van der Waals surface area (Å²) in [6.45, 7) is 0.305. The van der Waals surface area contributed by atoms with Gasteiger partial charge in [-0.15, -0.1) is 0 Å². The van der Waals surface area contributed by atoms with Crippen LogP contribution in [0.5, 0.6) is 0 Å². The van der Waals surface area contributed by atoms with E-state index >= 15 is 0 Å². The number of halogens is 3. The highest BCUT2D eigenvalue weighted by Crippen LogP contribution is 2.27. The van der Waals surface area contributed by atoms with Crippen LogP contribution in [0.1, 0.15) is 21.9 Å². The van der Waals surface area contributed by atoms with Crippen molar-refractivity contribution < 1.29 is 18.0 Å². The maximum atomic E-state index is 12.4. The molecule has 0 saturated carbocycles. The second kappa shape index (κ2) is 6.31. The number of H-pyrrole nitrogens is 1. The molecular weight excluding hydrogens is 321 g/mol. The van der Waals surface area contributed by atoms with Crippen molar-refractivity contribution in [3.05, 3.63) is 59.7 Å². The Kier molecular flexibility index (Phi) is 4.20. The Bertz CT molecular complexity index is 823. The Labute approximate surface area is 134 Å². The molecule has 8 heteroatoms. The lowest BCUT2D eigenvalue weighted by molar-refractivity contribution is -0.141. The fourth-order valence-electron chi connectivity index (χ4n) is 2.22. The first kappa shape index (κ1) is 16.0. The van der Waals surface area contributed by atoms with Gasteiger partial charge in [-0.05, 0) is 24.3 Å². The number of hydrogen-bond acceptors (Lipinski definition) is 3. The number of carbonyl (C=O) groups is 1. The molecule has 0 spiro atoms. The molecule has 1 amide bonds. The molecule has 0 bridgehead atoms. The lowest BCUT2D eigenvalue weighted by Gasteiger charge is -2.07. The van der Waals surface area contributed by atoms with E-state index in [1.165, 1.54) is 0 Å². The first-order valence-electron chi connectivity index (χ1n) is 7.18. The van der Waals surface area contributed by atoms with Gasteiger partial charge in [-0.3, -0.25) is 9.78 Å². The number of carbonyl (C=O) groups excluding carboxylic acids is 1. The molecule has 0 atom stereocenters. The zero-order valence-electron chi connectivity index (χ0n) is 12.4. The molecule has 5 nitrogen and oxygen atoms in total. The number of nitrogens with zero attached hydrogens (tertiary/aromatic N) is 2. The normalized spacial score (nSPS) is 11.6. The van der Waals surface area contributed by atoms with E-state index < -0.39 is 17.8 Å². The van der Waals surface area contributed by atoms with Gasteiger partial charge in [0, 0.05) is 19.2 Å². The number of aromatic nitrogens is 3. The molecule has 0 aliphatic heterocycles. The molecule has 24 heavy (non-hydrogen) atoms. The lowest BCUT2D eigenvalue weighted by atomic mass is 10.2. The van der Waals surface area contributed by atoms with Crippen molar-refractivity contribution in [1.82, 2.24) is 20.3 Å². The Balaban J connectivity index is 1.57. The molecule has 0 aliphatic rings. The average molecular weight is 334 g/mol. The maximum absolute atomic E-state index is 12.4. The van der Waals surface area contributed by atoms with E-state index in [0.29, 0.717) is 13.0 Å². The third-order valence-electron chi connectivity index (χ3n) is 3.40. The lowest BCUT2D eigenvalue weighted by Crippen LogP contribution is -2.26. The molecule has 3 rings (SSSR count). The average Bonchev–Trinajstić information content (AvgIpc) is 2.96. The van der Waals surface area contributed by atoms with Gasteiger partial charge in [-0.1, -0.05) is 12.1 Å². The summed E-state index contributed by atoms with van der Waals surface area (Å²) >= 11 is 0. The van der Waals surface area contributed by atoms with Gasteiger partial charge in [0.05, 0.1) is 16.6 Å². The summed E-state index contributed by atoms with van der Waals surface area (Å²) in [5.74, 6) is 0.245. The third kappa shape index (κ3) is 3.53. The summed E-state index contributed by atoms with van der Waals surface area (Å²) < 4.78 is 37.3. The summed E-state index contributed by atoms with van der Waals surface area (Å²) in [6.07, 6.45) is -3.12. The summed E-state index contributed by atoms with van der Waals surface area (Å²) in [6, 6.07) is 9.44. The van der Waals surface area contributed by atoms with Crippen LogP contribution in [0.3, 0.4) is 0 Å². The van der Waals surface area contributed by atoms with Gasteiger partial charge in [0.25, 0.3) is 5.91 Å². The van der Waals surface area contributed by atoms with Crippen LogP contribution in [0.15, 0.2) is 42.6 Å². The van der Waals surface area contributed by atoms with Crippen LogP contribution < -0.4 is 5.32 Å². The SMILES string of the molecule is O=C(NCCc1nc2ccccc2[nH]1)c1ccc(C(F)(F)F)nc1. The van der Waals surface area contributed by atoms with E-state index in [-0.39, 0.29) is 5.56 Å². The van der Waals surface area contributed by atoms with E-state index in [1.807, 2.05) is 24.3 Å². The van der Waals surface area contributed by atoms with Crippen LogP contribution in [-0.2, 0) is 12.6 Å². The van der Waals surface area contributed by atoms with Crippen LogP contribution in [0.4, 0.5) is 13.2 Å². The van der Waals surface area contributed by atoms with E-state index in [2.05, 4.69) is 20.3 Å². The molecule has 124 valence electrons. The molecule has 1 aromatic carbocycles. The van der Waals surface area contributed by atoms with Crippen molar-refractivity contribution in [3.63, 3.8) is 0 Å². The Morgan fingerprint density at radius 2 is 1.96 bits per heavy atom. The molecule has 0 radical (unpaired) electrons. The number of hydrogen-bond donors (Lipinski definition) is 2. The largest absolute Gasteiger partial charge is 0.433 e. The number of amides is 1.